The van der Waals surface area contributed by atoms with Gasteiger partial charge in [0, 0.05) is 18.8 Å². The van der Waals surface area contributed by atoms with Gasteiger partial charge in [0.15, 0.2) is 0 Å². The summed E-state index contributed by atoms with van der Waals surface area (Å²) in [5.74, 6) is 0.657. The van der Waals surface area contributed by atoms with Crippen molar-refractivity contribution in [2.45, 2.75) is 46.7 Å². The molecule has 0 fully saturated rings. The minimum Gasteiger partial charge on any atom is -0.380 e. The lowest BCUT2D eigenvalue weighted by Crippen LogP contribution is -2.24. The molecule has 1 heterocycles. The van der Waals surface area contributed by atoms with Crippen LogP contribution in [0.4, 0.5) is 5.69 Å². The van der Waals surface area contributed by atoms with Crippen LogP contribution < -0.4 is 5.32 Å². The van der Waals surface area contributed by atoms with Crippen LogP contribution >= 0.6 is 0 Å². The van der Waals surface area contributed by atoms with E-state index in [4.69, 9.17) is 0 Å². The maximum Gasteiger partial charge on any atom is 0.0728 e. The predicted molar refractivity (Wildman–Crippen MR) is 60.4 cm³/mol. The molecule has 3 nitrogen and oxygen atoms in total. The number of nitrogens with zero attached hydrogens (tertiary/aromatic N) is 2. The molecule has 0 amide bonds. The van der Waals surface area contributed by atoms with E-state index < -0.39 is 0 Å². The molecular formula is C11H21N3. The summed E-state index contributed by atoms with van der Waals surface area (Å²) in [5, 5.41) is 7.74. The molecule has 0 radical (unpaired) electrons. The highest BCUT2D eigenvalue weighted by molar-refractivity contribution is 5.39. The van der Waals surface area contributed by atoms with Gasteiger partial charge in [-0.1, -0.05) is 20.8 Å². The first kappa shape index (κ1) is 11.1. The van der Waals surface area contributed by atoms with E-state index in [1.54, 1.807) is 0 Å². The van der Waals surface area contributed by atoms with Crippen molar-refractivity contribution in [3.8, 4) is 0 Å². The van der Waals surface area contributed by atoms with Crippen molar-refractivity contribution in [2.24, 2.45) is 5.92 Å². The number of aryl methyl sites for hydroxylation is 1. The number of nitrogens with one attached hydrogen (secondary N) is 1. The molecular weight excluding hydrogens is 174 g/mol. The summed E-state index contributed by atoms with van der Waals surface area (Å²) >= 11 is 0. The van der Waals surface area contributed by atoms with E-state index in [2.05, 4.69) is 44.3 Å². The Kier molecular flexibility index (Phi) is 3.98. The molecule has 0 aliphatic heterocycles. The van der Waals surface area contributed by atoms with Crippen LogP contribution in [0.1, 0.15) is 34.1 Å². The van der Waals surface area contributed by atoms with Crippen molar-refractivity contribution in [3.63, 3.8) is 0 Å². The Labute approximate surface area is 86.5 Å². The molecule has 3 heteroatoms. The maximum absolute atomic E-state index is 4.24. The Morgan fingerprint density at radius 2 is 2.14 bits per heavy atom. The van der Waals surface area contributed by atoms with E-state index >= 15 is 0 Å². The predicted octanol–water partition coefficient (Wildman–Crippen LogP) is 2.75. The fraction of sp³-hybridized carbons (Fsp3) is 0.727. The summed E-state index contributed by atoms with van der Waals surface area (Å²) in [6.45, 7) is 9.72. The van der Waals surface area contributed by atoms with Gasteiger partial charge < -0.3 is 5.32 Å². The lowest BCUT2D eigenvalue weighted by Gasteiger charge is -2.20. The minimum atomic E-state index is 0.546. The van der Waals surface area contributed by atoms with Crippen molar-refractivity contribution >= 4 is 5.69 Å². The molecule has 0 unspecified atom stereocenters. The highest BCUT2D eigenvalue weighted by Gasteiger charge is 2.10. The molecule has 0 spiro atoms. The molecule has 0 aliphatic rings. The van der Waals surface area contributed by atoms with E-state index in [-0.39, 0.29) is 0 Å². The smallest absolute Gasteiger partial charge is 0.0728 e. The van der Waals surface area contributed by atoms with Gasteiger partial charge in [-0.15, -0.1) is 0 Å². The second kappa shape index (κ2) is 5.03. The van der Waals surface area contributed by atoms with Crippen LogP contribution in [-0.4, -0.2) is 15.8 Å². The van der Waals surface area contributed by atoms with Gasteiger partial charge in [-0.2, -0.15) is 5.10 Å². The molecule has 14 heavy (non-hydrogen) atoms. The fourth-order valence-corrected chi connectivity index (χ4v) is 1.57. The second-order valence-corrected chi connectivity index (χ2v) is 3.99. The van der Waals surface area contributed by atoms with Gasteiger partial charge in [-0.3, -0.25) is 4.68 Å². The van der Waals surface area contributed by atoms with Crippen LogP contribution in [0.25, 0.3) is 0 Å². The Morgan fingerprint density at radius 3 is 2.57 bits per heavy atom. The van der Waals surface area contributed by atoms with Crippen molar-refractivity contribution < 1.29 is 0 Å². The number of hydrogen-bond acceptors (Lipinski definition) is 2. The zero-order valence-corrected chi connectivity index (χ0v) is 9.62. The standard InChI is InChI=1S/C11H21N3/c1-5-11(9(3)4)13-10-7-12-14(6-2)8-10/h7-9,11,13H,5-6H2,1-4H3/t11-/m0/s1. The van der Waals surface area contributed by atoms with E-state index in [1.165, 1.54) is 0 Å². The summed E-state index contributed by atoms with van der Waals surface area (Å²) in [6, 6.07) is 0.546. The number of anilines is 1. The van der Waals surface area contributed by atoms with Gasteiger partial charge >= 0.3 is 0 Å². The Balaban J connectivity index is 2.57. The third kappa shape index (κ3) is 2.76. The van der Waals surface area contributed by atoms with Gasteiger partial charge in [0.25, 0.3) is 0 Å². The zero-order valence-electron chi connectivity index (χ0n) is 9.62. The lowest BCUT2D eigenvalue weighted by molar-refractivity contribution is 0.511. The summed E-state index contributed by atoms with van der Waals surface area (Å²) in [4.78, 5) is 0. The molecule has 0 saturated carbocycles. The molecule has 80 valence electrons. The first-order valence-corrected chi connectivity index (χ1v) is 5.46. The molecule has 1 atom stereocenters. The van der Waals surface area contributed by atoms with E-state index in [0.29, 0.717) is 12.0 Å². The van der Waals surface area contributed by atoms with Crippen molar-refractivity contribution in [1.82, 2.24) is 9.78 Å². The van der Waals surface area contributed by atoms with Crippen LogP contribution in [0, 0.1) is 5.92 Å². The average molecular weight is 195 g/mol. The van der Waals surface area contributed by atoms with Gasteiger partial charge in [-0.05, 0) is 19.3 Å². The normalized spacial score (nSPS) is 13.2. The third-order valence-corrected chi connectivity index (χ3v) is 2.55. The molecule has 0 aromatic carbocycles. The largest absolute Gasteiger partial charge is 0.380 e. The number of aromatic nitrogens is 2. The SMILES string of the molecule is CC[C@H](Nc1cnn(CC)c1)C(C)C. The summed E-state index contributed by atoms with van der Waals surface area (Å²) in [5.41, 5.74) is 1.13. The van der Waals surface area contributed by atoms with E-state index in [9.17, 15) is 0 Å². The van der Waals surface area contributed by atoms with Crippen molar-refractivity contribution in [2.75, 3.05) is 5.32 Å². The Hall–Kier alpha value is -0.990. The van der Waals surface area contributed by atoms with Crippen molar-refractivity contribution in [3.05, 3.63) is 12.4 Å². The van der Waals surface area contributed by atoms with Gasteiger partial charge in [0.05, 0.1) is 11.9 Å². The Bertz CT molecular complexity index is 265. The molecule has 0 bridgehead atoms. The van der Waals surface area contributed by atoms with Gasteiger partial charge in [0.1, 0.15) is 0 Å². The lowest BCUT2D eigenvalue weighted by atomic mass is 10.0. The molecule has 1 rings (SSSR count). The highest BCUT2D eigenvalue weighted by Crippen LogP contribution is 2.14. The monoisotopic (exact) mass is 195 g/mol. The number of hydrogen-bond donors (Lipinski definition) is 1. The average Bonchev–Trinajstić information content (AvgIpc) is 2.61. The molecule has 1 aromatic heterocycles. The van der Waals surface area contributed by atoms with Crippen LogP contribution in [0.15, 0.2) is 12.4 Å². The second-order valence-electron chi connectivity index (χ2n) is 3.99. The zero-order chi connectivity index (χ0) is 10.6. The maximum atomic E-state index is 4.24. The molecule has 1 N–H and O–H groups in total. The summed E-state index contributed by atoms with van der Waals surface area (Å²) in [6.07, 6.45) is 5.11. The van der Waals surface area contributed by atoms with Crippen LogP contribution in [0.2, 0.25) is 0 Å². The van der Waals surface area contributed by atoms with Gasteiger partial charge in [0.2, 0.25) is 0 Å². The van der Waals surface area contributed by atoms with Crippen LogP contribution in [-0.2, 0) is 6.54 Å². The van der Waals surface area contributed by atoms with Crippen molar-refractivity contribution in [1.29, 1.82) is 0 Å². The van der Waals surface area contributed by atoms with Crippen LogP contribution in [0.5, 0.6) is 0 Å². The summed E-state index contributed by atoms with van der Waals surface area (Å²) < 4.78 is 1.94. The first-order chi connectivity index (χ1) is 6.67. The van der Waals surface area contributed by atoms with Crippen LogP contribution in [0.3, 0.4) is 0 Å². The quantitative estimate of drug-likeness (QED) is 0.783. The third-order valence-electron chi connectivity index (χ3n) is 2.55. The summed E-state index contributed by atoms with van der Waals surface area (Å²) in [7, 11) is 0. The Morgan fingerprint density at radius 1 is 1.43 bits per heavy atom. The first-order valence-electron chi connectivity index (χ1n) is 5.46. The topological polar surface area (TPSA) is 29.9 Å². The van der Waals surface area contributed by atoms with E-state index in [0.717, 1.165) is 18.7 Å². The van der Waals surface area contributed by atoms with E-state index in [1.807, 2.05) is 10.9 Å². The molecule has 0 saturated heterocycles. The highest BCUT2D eigenvalue weighted by atomic mass is 15.3. The molecule has 1 aromatic rings. The van der Waals surface area contributed by atoms with Gasteiger partial charge in [-0.25, -0.2) is 0 Å². The number of rotatable bonds is 5. The molecule has 0 aliphatic carbocycles. The fourth-order valence-electron chi connectivity index (χ4n) is 1.57. The minimum absolute atomic E-state index is 0.546.